The predicted octanol–water partition coefficient (Wildman–Crippen LogP) is -7.69. The number of pyridine rings is 1. The summed E-state index contributed by atoms with van der Waals surface area (Å²) in [4.78, 5) is 91.7. The normalized spacial score (nSPS) is 15.9. The summed E-state index contributed by atoms with van der Waals surface area (Å²) in [6.07, 6.45) is -3.10. The van der Waals surface area contributed by atoms with Crippen LogP contribution in [0.1, 0.15) is 49.9 Å². The van der Waals surface area contributed by atoms with E-state index in [1.165, 1.54) is 26.8 Å². The molecule has 1 aromatic rings. The highest BCUT2D eigenvalue weighted by molar-refractivity contribution is 5.81. The van der Waals surface area contributed by atoms with Gasteiger partial charge in [0.2, 0.25) is 17.7 Å². The van der Waals surface area contributed by atoms with Crippen LogP contribution in [0.4, 0.5) is 0 Å². The number of nitrogens with zero attached hydrogens (tertiary/aromatic N) is 7. The van der Waals surface area contributed by atoms with Crippen molar-refractivity contribution in [2.75, 3.05) is 125 Å². The fourth-order valence-corrected chi connectivity index (χ4v) is 8.72. The summed E-state index contributed by atoms with van der Waals surface area (Å²) < 4.78 is 0. The number of rotatable bonds is 33. The van der Waals surface area contributed by atoms with Gasteiger partial charge in [-0.2, -0.15) is 0 Å². The second-order valence-electron chi connectivity index (χ2n) is 17.7. The van der Waals surface area contributed by atoms with Gasteiger partial charge < -0.3 is 91.3 Å². The zero-order chi connectivity index (χ0) is 54.2. The van der Waals surface area contributed by atoms with Gasteiger partial charge in [0.25, 0.3) is 0 Å². The summed E-state index contributed by atoms with van der Waals surface area (Å²) in [5.41, 5.74) is -5.31. The first-order chi connectivity index (χ1) is 34.3. The van der Waals surface area contributed by atoms with Crippen LogP contribution in [0.3, 0.4) is 0 Å². The minimum atomic E-state index is -1.95. The number of hydrogen-bond donors (Lipinski definition) is 15. The molecule has 3 amide bonds. The van der Waals surface area contributed by atoms with Crippen LogP contribution in [0.2, 0.25) is 0 Å². The highest BCUT2D eigenvalue weighted by Crippen LogP contribution is 2.24. The fourth-order valence-electron chi connectivity index (χ4n) is 8.72. The number of aromatic nitrogens is 1. The predicted molar refractivity (Wildman–Crippen MR) is 247 cm³/mol. The van der Waals surface area contributed by atoms with Crippen molar-refractivity contribution < 1.29 is 105 Å². The van der Waals surface area contributed by atoms with Gasteiger partial charge in [-0.25, -0.2) is 0 Å². The summed E-state index contributed by atoms with van der Waals surface area (Å²) >= 11 is 0. The van der Waals surface area contributed by atoms with E-state index in [0.29, 0.717) is 0 Å². The van der Waals surface area contributed by atoms with Crippen molar-refractivity contribution in [1.29, 1.82) is 0 Å². The summed E-state index contributed by atoms with van der Waals surface area (Å²) in [7, 11) is 0. The Morgan fingerprint density at radius 2 is 0.694 bits per heavy atom. The SMILES string of the molecule is O=C(O)C(CCC(=O)N(CCO)C(CO)(CO)CO)N1CCN(C(CCC(=O)N(CCO)C(CO)(CO)CO)C(=O)O)Cc2cccc(n2)CN(C(CCC(=O)N(CCO)C(CO)(CO)CO)C(=O)O)CC1. The maximum absolute atomic E-state index is 13.7. The molecule has 0 radical (unpaired) electrons. The smallest absolute Gasteiger partial charge is 0.320 e. The van der Waals surface area contributed by atoms with Crippen molar-refractivity contribution in [3.63, 3.8) is 0 Å². The molecule has 3 atom stereocenters. The maximum atomic E-state index is 13.7. The van der Waals surface area contributed by atoms with Gasteiger partial charge in [-0.05, 0) is 31.4 Å². The number of carboxylic acid groups (broad SMARTS) is 3. The number of amides is 3. The van der Waals surface area contributed by atoms with Gasteiger partial charge in [0.15, 0.2) is 0 Å². The molecule has 1 aliphatic rings. The topological polar surface area (TPSA) is 438 Å². The lowest BCUT2D eigenvalue weighted by Crippen LogP contribution is -2.60. The van der Waals surface area contributed by atoms with E-state index < -0.39 is 208 Å². The number of carbonyl (C=O) groups is 6. The first-order valence-electron chi connectivity index (χ1n) is 23.4. The first-order valence-corrected chi connectivity index (χ1v) is 23.4. The lowest BCUT2D eigenvalue weighted by Gasteiger charge is -2.41. The Morgan fingerprint density at radius 3 is 0.931 bits per heavy atom. The van der Waals surface area contributed by atoms with Crippen molar-refractivity contribution in [2.45, 2.75) is 86.4 Å². The molecule has 28 heteroatoms. The van der Waals surface area contributed by atoms with Crippen LogP contribution in [0.15, 0.2) is 18.2 Å². The zero-order valence-corrected chi connectivity index (χ0v) is 40.3. The average molecular weight is 1040 g/mol. The molecule has 2 rings (SSSR count). The molecule has 1 aromatic heterocycles. The number of fused-ring (bicyclic) bond motifs is 2. The van der Waals surface area contributed by atoms with Crippen molar-refractivity contribution in [1.82, 2.24) is 34.4 Å². The summed E-state index contributed by atoms with van der Waals surface area (Å²) in [5.74, 6) is -6.94. The average Bonchev–Trinajstić information content (AvgIpc) is 3.36. The summed E-state index contributed by atoms with van der Waals surface area (Å²) in [6.45, 7) is -13.4. The summed E-state index contributed by atoms with van der Waals surface area (Å²) in [6, 6.07) is -0.0292. The highest BCUT2D eigenvalue weighted by atomic mass is 16.4. The molecule has 412 valence electrons. The van der Waals surface area contributed by atoms with Crippen LogP contribution in [0, 0.1) is 0 Å². The Bertz CT molecular complexity index is 1740. The zero-order valence-electron chi connectivity index (χ0n) is 40.3. The van der Waals surface area contributed by atoms with Crippen molar-refractivity contribution >= 4 is 35.6 Å². The maximum Gasteiger partial charge on any atom is 0.320 e. The van der Waals surface area contributed by atoms with Gasteiger partial charge in [0.05, 0.1) is 90.7 Å². The summed E-state index contributed by atoms with van der Waals surface area (Å²) in [5, 5.41) is 152. The van der Waals surface area contributed by atoms with E-state index in [9.17, 15) is 105 Å². The molecule has 3 unspecified atom stereocenters. The Balaban J connectivity index is 2.76. The highest BCUT2D eigenvalue weighted by Gasteiger charge is 2.42. The standard InChI is InChI=1S/C44H75N7O21/c52-17-14-49(42(22-55,23-56)24-57)36(64)7-4-33(39(67)68)46-10-12-47(34(40(69)70)5-8-37(65)50(15-18-53)43(25-58,26-59)27-60)20-31-2-1-3-32(45-31)21-48(13-11-46)35(41(71)72)6-9-38(66)51(16-19-54)44(28-61,29-62)30-63/h1-3,33-35,52-63H,4-30H2,(H,67,68)(H,69,70)(H,71,72). The lowest BCUT2D eigenvalue weighted by atomic mass is 9.98. The number of aliphatic carboxylic acids is 3. The third kappa shape index (κ3) is 16.4. The third-order valence-electron chi connectivity index (χ3n) is 13.3. The van der Waals surface area contributed by atoms with Crippen molar-refractivity contribution in [2.24, 2.45) is 0 Å². The molecule has 0 aliphatic carbocycles. The van der Waals surface area contributed by atoms with Gasteiger partial charge in [-0.3, -0.25) is 48.5 Å². The Labute approximate surface area is 415 Å². The number of β-amino-alcohol motifs (C(OH)–C–C–N with tert-alkyl or cyclic N) is 3. The van der Waals surface area contributed by atoms with Gasteiger partial charge in [-0.1, -0.05) is 6.07 Å². The molecule has 28 nitrogen and oxygen atoms in total. The second-order valence-corrected chi connectivity index (χ2v) is 17.7. The molecule has 0 saturated heterocycles. The van der Waals surface area contributed by atoms with E-state index in [1.807, 2.05) is 0 Å². The van der Waals surface area contributed by atoms with Crippen LogP contribution < -0.4 is 0 Å². The van der Waals surface area contributed by atoms with Crippen LogP contribution in [-0.4, -0.2) is 306 Å². The minimum absolute atomic E-state index is 0.235. The first kappa shape index (κ1) is 63.5. The Morgan fingerprint density at radius 1 is 0.444 bits per heavy atom. The molecular formula is C44H75N7O21. The molecule has 15 N–H and O–H groups in total. The van der Waals surface area contributed by atoms with Gasteiger partial charge in [0.1, 0.15) is 34.7 Å². The molecule has 0 fully saturated rings. The molecule has 0 aromatic carbocycles. The van der Waals surface area contributed by atoms with Crippen molar-refractivity contribution in [3.8, 4) is 0 Å². The molecular weight excluding hydrogens is 963 g/mol. The molecule has 2 heterocycles. The fraction of sp³-hybridized carbons (Fsp3) is 0.750. The molecule has 1 aliphatic heterocycles. The van der Waals surface area contributed by atoms with Crippen LogP contribution in [0.25, 0.3) is 0 Å². The van der Waals surface area contributed by atoms with E-state index in [1.54, 1.807) is 6.07 Å². The Kier molecular flexibility index (Phi) is 27.5. The van der Waals surface area contributed by atoms with Crippen LogP contribution >= 0.6 is 0 Å². The molecule has 0 spiro atoms. The second kappa shape index (κ2) is 31.2. The number of carboxylic acids is 3. The number of aliphatic hydroxyl groups is 12. The molecule has 72 heavy (non-hydrogen) atoms. The molecule has 2 bridgehead atoms. The minimum Gasteiger partial charge on any atom is -0.480 e. The van der Waals surface area contributed by atoms with E-state index in [4.69, 9.17) is 0 Å². The van der Waals surface area contributed by atoms with E-state index >= 15 is 0 Å². The molecule has 0 saturated carbocycles. The number of aliphatic hydroxyl groups excluding tert-OH is 12. The Hall–Kier alpha value is -4.63. The van der Waals surface area contributed by atoms with Gasteiger partial charge in [-0.15, -0.1) is 0 Å². The van der Waals surface area contributed by atoms with Gasteiger partial charge >= 0.3 is 17.9 Å². The third-order valence-corrected chi connectivity index (χ3v) is 13.3. The van der Waals surface area contributed by atoms with Gasteiger partial charge in [0, 0.05) is 78.2 Å². The quantitative estimate of drug-likeness (QED) is 0.0311. The van der Waals surface area contributed by atoms with Crippen LogP contribution in [-0.2, 0) is 41.9 Å². The van der Waals surface area contributed by atoms with E-state index in [-0.39, 0.29) is 50.7 Å². The number of hydrogen-bond acceptors (Lipinski definition) is 22. The number of carbonyl (C=O) groups excluding carboxylic acids is 3. The van der Waals surface area contributed by atoms with E-state index in [2.05, 4.69) is 4.98 Å². The van der Waals surface area contributed by atoms with Crippen molar-refractivity contribution in [3.05, 3.63) is 29.6 Å². The monoisotopic (exact) mass is 1040 g/mol. The van der Waals surface area contributed by atoms with E-state index in [0.717, 1.165) is 14.7 Å². The lowest BCUT2D eigenvalue weighted by molar-refractivity contribution is -0.151. The van der Waals surface area contributed by atoms with Crippen LogP contribution in [0.5, 0.6) is 0 Å². The largest absolute Gasteiger partial charge is 0.480 e.